The molecule has 5 aromatic rings. The molecular weight excluding hydrogens is 516 g/mol. The Morgan fingerprint density at radius 1 is 0.854 bits per heavy atom. The standard InChI is InChI=1S/C32H32N6O3/c1-32(2,3)22-11-13-28(40-4)26(18-22)37-31(39)36-25-12-14-27(24-10-6-5-9-23(24)25)41-29-15-17-34-30(38-29)35-20-21-8-7-16-33-19-21/h5-19H,20H2,1-4H3,(H,34,35,38)(H2,36,37,39). The van der Waals surface area contributed by atoms with Gasteiger partial charge < -0.3 is 25.4 Å². The molecule has 9 heteroatoms. The average Bonchev–Trinajstić information content (AvgIpc) is 2.97. The van der Waals surface area contributed by atoms with Crippen LogP contribution in [-0.2, 0) is 12.0 Å². The monoisotopic (exact) mass is 548 g/mol. The van der Waals surface area contributed by atoms with Crippen molar-refractivity contribution in [3.63, 3.8) is 0 Å². The molecule has 0 unspecified atom stereocenters. The Kier molecular flexibility index (Phi) is 7.96. The van der Waals surface area contributed by atoms with E-state index in [1.54, 1.807) is 31.8 Å². The lowest BCUT2D eigenvalue weighted by Gasteiger charge is -2.21. The van der Waals surface area contributed by atoms with Crippen LogP contribution in [0.1, 0.15) is 31.9 Å². The van der Waals surface area contributed by atoms with Crippen molar-refractivity contribution in [1.29, 1.82) is 0 Å². The molecule has 9 nitrogen and oxygen atoms in total. The summed E-state index contributed by atoms with van der Waals surface area (Å²) in [6.07, 6.45) is 5.16. The summed E-state index contributed by atoms with van der Waals surface area (Å²) in [6, 6.07) is 22.3. The lowest BCUT2D eigenvalue weighted by atomic mass is 9.87. The number of fused-ring (bicyclic) bond motifs is 1. The molecule has 2 heterocycles. The van der Waals surface area contributed by atoms with E-state index in [9.17, 15) is 4.79 Å². The molecule has 0 saturated heterocycles. The second-order valence-electron chi connectivity index (χ2n) is 10.4. The quantitative estimate of drug-likeness (QED) is 0.186. The van der Waals surface area contributed by atoms with E-state index in [0.29, 0.717) is 41.2 Å². The molecular formula is C32H32N6O3. The Morgan fingerprint density at radius 2 is 1.63 bits per heavy atom. The molecule has 0 saturated carbocycles. The fourth-order valence-corrected chi connectivity index (χ4v) is 4.30. The van der Waals surface area contributed by atoms with Crippen molar-refractivity contribution in [2.45, 2.75) is 32.7 Å². The number of methoxy groups -OCH3 is 1. The van der Waals surface area contributed by atoms with E-state index in [1.165, 1.54) is 0 Å². The van der Waals surface area contributed by atoms with Crippen molar-refractivity contribution < 1.29 is 14.3 Å². The molecule has 208 valence electrons. The number of rotatable bonds is 8. The van der Waals surface area contributed by atoms with Gasteiger partial charge >= 0.3 is 6.03 Å². The minimum atomic E-state index is -0.381. The number of urea groups is 1. The summed E-state index contributed by atoms with van der Waals surface area (Å²) in [4.78, 5) is 26.0. The number of ether oxygens (including phenoxy) is 2. The van der Waals surface area contributed by atoms with Crippen LogP contribution in [0.15, 0.2) is 91.4 Å². The normalized spacial score (nSPS) is 11.1. The molecule has 2 amide bonds. The first kappa shape index (κ1) is 27.4. The van der Waals surface area contributed by atoms with E-state index in [-0.39, 0.29) is 11.4 Å². The molecule has 0 aliphatic heterocycles. The summed E-state index contributed by atoms with van der Waals surface area (Å²) in [7, 11) is 1.58. The number of hydrogen-bond acceptors (Lipinski definition) is 7. The van der Waals surface area contributed by atoms with Crippen molar-refractivity contribution in [3.05, 3.63) is 103 Å². The second-order valence-corrected chi connectivity index (χ2v) is 10.4. The van der Waals surface area contributed by atoms with Crippen LogP contribution >= 0.6 is 0 Å². The Bertz CT molecular complexity index is 1670. The summed E-state index contributed by atoms with van der Waals surface area (Å²) >= 11 is 0. The largest absolute Gasteiger partial charge is 0.495 e. The average molecular weight is 549 g/mol. The fourth-order valence-electron chi connectivity index (χ4n) is 4.30. The van der Waals surface area contributed by atoms with E-state index in [1.807, 2.05) is 66.7 Å². The summed E-state index contributed by atoms with van der Waals surface area (Å²) in [5.41, 5.74) is 3.25. The maximum atomic E-state index is 13.1. The van der Waals surface area contributed by atoms with Gasteiger partial charge in [0.1, 0.15) is 11.5 Å². The Morgan fingerprint density at radius 3 is 2.39 bits per heavy atom. The van der Waals surface area contributed by atoms with Gasteiger partial charge in [0.05, 0.1) is 18.5 Å². The van der Waals surface area contributed by atoms with Crippen LogP contribution in [0.25, 0.3) is 10.8 Å². The summed E-state index contributed by atoms with van der Waals surface area (Å²) < 4.78 is 11.6. The Balaban J connectivity index is 1.33. The van der Waals surface area contributed by atoms with Crippen molar-refractivity contribution in [2.75, 3.05) is 23.1 Å². The fraction of sp³-hybridized carbons (Fsp3) is 0.188. The highest BCUT2D eigenvalue weighted by molar-refractivity contribution is 6.08. The van der Waals surface area contributed by atoms with Gasteiger partial charge in [0.25, 0.3) is 0 Å². The van der Waals surface area contributed by atoms with E-state index < -0.39 is 0 Å². The topological polar surface area (TPSA) is 110 Å². The SMILES string of the molecule is COc1ccc(C(C)(C)C)cc1NC(=O)Nc1ccc(Oc2ccnc(NCc3cccnc3)n2)c2ccccc12. The van der Waals surface area contributed by atoms with Gasteiger partial charge in [-0.2, -0.15) is 4.98 Å². The van der Waals surface area contributed by atoms with Crippen LogP contribution in [0.5, 0.6) is 17.4 Å². The van der Waals surface area contributed by atoms with Crippen LogP contribution in [-0.4, -0.2) is 28.1 Å². The molecule has 0 atom stereocenters. The highest BCUT2D eigenvalue weighted by atomic mass is 16.5. The van der Waals surface area contributed by atoms with Gasteiger partial charge in [0.15, 0.2) is 0 Å². The molecule has 0 bridgehead atoms. The van der Waals surface area contributed by atoms with E-state index >= 15 is 0 Å². The molecule has 41 heavy (non-hydrogen) atoms. The number of pyridine rings is 1. The molecule has 0 aliphatic rings. The number of carbonyl (C=O) groups is 1. The maximum Gasteiger partial charge on any atom is 0.323 e. The number of hydrogen-bond donors (Lipinski definition) is 3. The van der Waals surface area contributed by atoms with Gasteiger partial charge in [-0.15, -0.1) is 0 Å². The minimum absolute atomic E-state index is 0.0783. The van der Waals surface area contributed by atoms with E-state index in [4.69, 9.17) is 9.47 Å². The Labute approximate surface area is 239 Å². The number of aromatic nitrogens is 3. The molecule has 0 aliphatic carbocycles. The van der Waals surface area contributed by atoms with Crippen LogP contribution in [0.2, 0.25) is 0 Å². The zero-order chi connectivity index (χ0) is 28.8. The van der Waals surface area contributed by atoms with Crippen LogP contribution in [0.4, 0.5) is 22.1 Å². The second kappa shape index (κ2) is 11.9. The van der Waals surface area contributed by atoms with Gasteiger partial charge in [-0.25, -0.2) is 9.78 Å². The van der Waals surface area contributed by atoms with Crippen molar-refractivity contribution in [3.8, 4) is 17.4 Å². The first-order valence-corrected chi connectivity index (χ1v) is 13.2. The predicted octanol–water partition coefficient (Wildman–Crippen LogP) is 7.38. The molecule has 0 spiro atoms. The first-order valence-electron chi connectivity index (χ1n) is 13.2. The third-order valence-corrected chi connectivity index (χ3v) is 6.46. The number of benzene rings is 3. The number of nitrogens with zero attached hydrogens (tertiary/aromatic N) is 3. The van der Waals surface area contributed by atoms with Crippen LogP contribution in [0.3, 0.4) is 0 Å². The molecule has 0 radical (unpaired) electrons. The van der Waals surface area contributed by atoms with Crippen LogP contribution in [0, 0.1) is 0 Å². The number of nitrogens with one attached hydrogen (secondary N) is 3. The lowest BCUT2D eigenvalue weighted by molar-refractivity contribution is 0.262. The highest BCUT2D eigenvalue weighted by Gasteiger charge is 2.18. The minimum Gasteiger partial charge on any atom is -0.495 e. The molecule has 0 fully saturated rings. The molecule has 3 N–H and O–H groups in total. The van der Waals surface area contributed by atoms with Gasteiger partial charge in [0, 0.05) is 42.0 Å². The van der Waals surface area contributed by atoms with Gasteiger partial charge in [-0.1, -0.05) is 57.2 Å². The number of amides is 2. The van der Waals surface area contributed by atoms with Crippen molar-refractivity contribution in [1.82, 2.24) is 15.0 Å². The molecule has 2 aromatic heterocycles. The lowest BCUT2D eigenvalue weighted by Crippen LogP contribution is -2.21. The van der Waals surface area contributed by atoms with Gasteiger partial charge in [-0.3, -0.25) is 4.98 Å². The zero-order valence-electron chi connectivity index (χ0n) is 23.4. The first-order chi connectivity index (χ1) is 19.8. The van der Waals surface area contributed by atoms with Crippen LogP contribution < -0.4 is 25.4 Å². The van der Waals surface area contributed by atoms with Gasteiger partial charge in [-0.05, 0) is 46.9 Å². The zero-order valence-corrected chi connectivity index (χ0v) is 23.4. The summed E-state index contributed by atoms with van der Waals surface area (Å²) in [5.74, 6) is 2.02. The maximum absolute atomic E-state index is 13.1. The third kappa shape index (κ3) is 6.70. The third-order valence-electron chi connectivity index (χ3n) is 6.46. The van der Waals surface area contributed by atoms with Gasteiger partial charge in [0.2, 0.25) is 11.8 Å². The van der Waals surface area contributed by atoms with Crippen molar-refractivity contribution >= 4 is 34.1 Å². The van der Waals surface area contributed by atoms with E-state index in [2.05, 4.69) is 51.7 Å². The molecule has 5 rings (SSSR count). The summed E-state index contributed by atoms with van der Waals surface area (Å²) in [5, 5.41) is 10.7. The predicted molar refractivity (Wildman–Crippen MR) is 162 cm³/mol. The van der Waals surface area contributed by atoms with Crippen molar-refractivity contribution in [2.24, 2.45) is 0 Å². The smallest absolute Gasteiger partial charge is 0.323 e. The number of carbonyl (C=O) groups excluding carboxylic acids is 1. The summed E-state index contributed by atoms with van der Waals surface area (Å²) in [6.45, 7) is 6.90. The molecule has 3 aromatic carbocycles. The highest BCUT2D eigenvalue weighted by Crippen LogP contribution is 2.35. The Hall–Kier alpha value is -5.18. The van der Waals surface area contributed by atoms with E-state index in [0.717, 1.165) is 21.9 Å². The number of anilines is 3.